The van der Waals surface area contributed by atoms with Gasteiger partial charge in [-0.25, -0.2) is 0 Å². The van der Waals surface area contributed by atoms with E-state index in [9.17, 15) is 33.9 Å². The number of carbonyl (C=O) groups excluding carboxylic acids is 6. The fourth-order valence-electron chi connectivity index (χ4n) is 4.92. The Labute approximate surface area is 237 Å². The summed E-state index contributed by atoms with van der Waals surface area (Å²) in [5.74, 6) is -5.07. The summed E-state index contributed by atoms with van der Waals surface area (Å²) < 4.78 is 0. The number of rotatable bonds is 12. The zero-order valence-electron chi connectivity index (χ0n) is 23.3. The normalized spacial score (nSPS) is 17.5. The largest absolute Gasteiger partial charge is 0.373 e. The van der Waals surface area contributed by atoms with Gasteiger partial charge in [0, 0.05) is 12.8 Å². The highest BCUT2D eigenvalue weighted by molar-refractivity contribution is 6.17. The third kappa shape index (κ3) is 7.33. The molecule has 0 aliphatic heterocycles. The fourth-order valence-corrected chi connectivity index (χ4v) is 4.92. The van der Waals surface area contributed by atoms with Gasteiger partial charge in [-0.2, -0.15) is 0 Å². The highest BCUT2D eigenvalue weighted by Gasteiger charge is 2.55. The van der Waals surface area contributed by atoms with Gasteiger partial charge in [0.25, 0.3) is 0 Å². The number of nitrogens with two attached hydrogens (primary N) is 2. The summed E-state index contributed by atoms with van der Waals surface area (Å²) in [6.07, 6.45) is -0.639. The molecule has 0 unspecified atom stereocenters. The van der Waals surface area contributed by atoms with Crippen molar-refractivity contribution in [2.24, 2.45) is 17.4 Å². The Hall–Kier alpha value is -4.16. The van der Waals surface area contributed by atoms with Crippen LogP contribution in [0.4, 0.5) is 0 Å². The Kier molecular flexibility index (Phi) is 9.95. The number of ketones is 2. The number of Topliss-reactive ketones (excluding diaryl/α,β-unsaturated/α-hetero) is 2. The molecule has 4 amide bonds. The van der Waals surface area contributed by atoms with Crippen LogP contribution < -0.4 is 27.4 Å². The van der Waals surface area contributed by atoms with Crippen LogP contribution in [0.15, 0.2) is 42.5 Å². The molecule has 3 rings (SSSR count). The molecule has 2 aromatic carbocycles. The first-order valence-corrected chi connectivity index (χ1v) is 13.5. The molecule has 0 saturated heterocycles. The standard InChI is InChI=1S/C29H37N5O7/c1-15(2)25(29(41)22(35)10-11-23(29)36)34-26(38)16(3)32-28(40)21(14-24(31)37)33-27(39)20(30)13-17-8-9-18-6-4-5-7-19(18)12-17/h4-9,12,15-16,20-21,25,41H,10-11,13-14,30H2,1-3H3,(H2,31,37)(H,32,40)(H,33,39)(H,34,38)/t16-,20-,21-,25-/m0/s1. The van der Waals surface area contributed by atoms with E-state index in [0.717, 1.165) is 16.3 Å². The minimum Gasteiger partial charge on any atom is -0.373 e. The molecule has 1 saturated carbocycles. The van der Waals surface area contributed by atoms with Gasteiger partial charge in [0.2, 0.25) is 29.2 Å². The van der Waals surface area contributed by atoms with Crippen molar-refractivity contribution in [3.05, 3.63) is 48.0 Å². The molecule has 1 fully saturated rings. The number of nitrogens with one attached hydrogen (secondary N) is 3. The summed E-state index contributed by atoms with van der Waals surface area (Å²) >= 11 is 0. The number of hydrogen-bond acceptors (Lipinski definition) is 8. The van der Waals surface area contributed by atoms with Crippen molar-refractivity contribution in [1.29, 1.82) is 0 Å². The lowest BCUT2D eigenvalue weighted by atomic mass is 9.83. The second-order valence-electron chi connectivity index (χ2n) is 10.8. The maximum Gasteiger partial charge on any atom is 0.243 e. The summed E-state index contributed by atoms with van der Waals surface area (Å²) in [6.45, 7) is 4.59. The third-order valence-electron chi connectivity index (χ3n) is 7.24. The van der Waals surface area contributed by atoms with Crippen LogP contribution in [0.1, 0.15) is 45.6 Å². The SMILES string of the molecule is CC(C)[C@H](NC(=O)[C@H](C)NC(=O)[C@H](CC(N)=O)NC(=O)[C@@H](N)Cc1ccc2ccccc2c1)C1(O)C(=O)CCC1=O. The van der Waals surface area contributed by atoms with E-state index in [2.05, 4.69) is 16.0 Å². The van der Waals surface area contributed by atoms with E-state index in [1.165, 1.54) is 6.92 Å². The summed E-state index contributed by atoms with van der Waals surface area (Å²) in [5, 5.41) is 20.2. The zero-order valence-corrected chi connectivity index (χ0v) is 23.3. The summed E-state index contributed by atoms with van der Waals surface area (Å²) in [7, 11) is 0. The van der Waals surface area contributed by atoms with E-state index in [0.29, 0.717) is 0 Å². The van der Waals surface area contributed by atoms with Crippen LogP contribution in [0.2, 0.25) is 0 Å². The van der Waals surface area contributed by atoms with Gasteiger partial charge in [0.1, 0.15) is 12.1 Å². The smallest absolute Gasteiger partial charge is 0.243 e. The number of fused-ring (bicyclic) bond motifs is 1. The highest BCUT2D eigenvalue weighted by Crippen LogP contribution is 2.29. The molecule has 0 radical (unpaired) electrons. The minimum atomic E-state index is -2.35. The van der Waals surface area contributed by atoms with Gasteiger partial charge in [-0.1, -0.05) is 56.3 Å². The Balaban J connectivity index is 1.65. The van der Waals surface area contributed by atoms with Crippen molar-refractivity contribution in [2.45, 2.75) is 76.2 Å². The number of benzene rings is 2. The number of carbonyl (C=O) groups is 6. The molecule has 8 N–H and O–H groups in total. The van der Waals surface area contributed by atoms with Crippen LogP contribution >= 0.6 is 0 Å². The van der Waals surface area contributed by atoms with Crippen LogP contribution in [0.3, 0.4) is 0 Å². The van der Waals surface area contributed by atoms with Crippen LogP contribution in [0.25, 0.3) is 10.8 Å². The highest BCUT2D eigenvalue weighted by atomic mass is 16.3. The molecule has 0 heterocycles. The monoisotopic (exact) mass is 567 g/mol. The van der Waals surface area contributed by atoms with E-state index < -0.39 is 77.3 Å². The van der Waals surface area contributed by atoms with E-state index in [4.69, 9.17) is 11.5 Å². The van der Waals surface area contributed by atoms with Crippen LogP contribution in [-0.2, 0) is 35.2 Å². The topological polar surface area (TPSA) is 211 Å². The molecule has 1 aliphatic carbocycles. The number of primary amides is 1. The van der Waals surface area contributed by atoms with Gasteiger partial charge in [-0.05, 0) is 35.6 Å². The lowest BCUT2D eigenvalue weighted by Crippen LogP contribution is -2.63. The van der Waals surface area contributed by atoms with Crippen molar-refractivity contribution < 1.29 is 33.9 Å². The predicted octanol–water partition coefficient (Wildman–Crippen LogP) is -0.622. The Morgan fingerprint density at radius 1 is 0.878 bits per heavy atom. The van der Waals surface area contributed by atoms with Crippen LogP contribution in [-0.4, -0.2) is 70.1 Å². The molecule has 41 heavy (non-hydrogen) atoms. The van der Waals surface area contributed by atoms with Gasteiger partial charge in [0.15, 0.2) is 11.6 Å². The van der Waals surface area contributed by atoms with Crippen molar-refractivity contribution in [3.8, 4) is 0 Å². The van der Waals surface area contributed by atoms with Gasteiger partial charge in [-0.15, -0.1) is 0 Å². The summed E-state index contributed by atoms with van der Waals surface area (Å²) in [5.41, 5.74) is 9.83. The van der Waals surface area contributed by atoms with Gasteiger partial charge >= 0.3 is 0 Å². The van der Waals surface area contributed by atoms with Crippen LogP contribution in [0.5, 0.6) is 0 Å². The van der Waals surface area contributed by atoms with Crippen molar-refractivity contribution in [2.75, 3.05) is 0 Å². The fraction of sp³-hybridized carbons (Fsp3) is 0.448. The molecule has 4 atom stereocenters. The number of hydrogen-bond donors (Lipinski definition) is 6. The first-order valence-electron chi connectivity index (χ1n) is 13.5. The Morgan fingerprint density at radius 3 is 2.07 bits per heavy atom. The summed E-state index contributed by atoms with van der Waals surface area (Å²) in [4.78, 5) is 75.0. The molecular formula is C29H37N5O7. The molecule has 0 spiro atoms. The molecule has 12 nitrogen and oxygen atoms in total. The number of amides is 4. The summed E-state index contributed by atoms with van der Waals surface area (Å²) in [6, 6.07) is 8.46. The minimum absolute atomic E-state index is 0.127. The van der Waals surface area contributed by atoms with E-state index in [1.54, 1.807) is 13.8 Å². The maximum absolute atomic E-state index is 13.0. The molecule has 0 aromatic heterocycles. The molecular weight excluding hydrogens is 530 g/mol. The second kappa shape index (κ2) is 13.0. The average Bonchev–Trinajstić information content (AvgIpc) is 3.17. The Morgan fingerprint density at radius 2 is 1.49 bits per heavy atom. The first kappa shape index (κ1) is 31.4. The molecule has 12 heteroatoms. The quantitative estimate of drug-likeness (QED) is 0.182. The van der Waals surface area contributed by atoms with Gasteiger partial charge in [0.05, 0.1) is 18.5 Å². The second-order valence-corrected chi connectivity index (χ2v) is 10.8. The first-order chi connectivity index (χ1) is 19.2. The average molecular weight is 568 g/mol. The number of aliphatic hydroxyl groups is 1. The lowest BCUT2D eigenvalue weighted by Gasteiger charge is -2.34. The van der Waals surface area contributed by atoms with Crippen LogP contribution in [0, 0.1) is 5.92 Å². The van der Waals surface area contributed by atoms with E-state index >= 15 is 0 Å². The van der Waals surface area contributed by atoms with E-state index in [-0.39, 0.29) is 19.3 Å². The van der Waals surface area contributed by atoms with E-state index in [1.807, 2.05) is 42.5 Å². The third-order valence-corrected chi connectivity index (χ3v) is 7.24. The Bertz CT molecular complexity index is 1340. The molecule has 220 valence electrons. The van der Waals surface area contributed by atoms with Crippen molar-refractivity contribution in [3.63, 3.8) is 0 Å². The maximum atomic E-state index is 13.0. The lowest BCUT2D eigenvalue weighted by molar-refractivity contribution is -0.150. The molecule has 0 bridgehead atoms. The van der Waals surface area contributed by atoms with Gasteiger partial charge < -0.3 is 32.5 Å². The van der Waals surface area contributed by atoms with Gasteiger partial charge in [-0.3, -0.25) is 28.8 Å². The zero-order chi connectivity index (χ0) is 30.5. The molecule has 1 aliphatic rings. The molecule has 2 aromatic rings. The van der Waals surface area contributed by atoms with Crippen molar-refractivity contribution >= 4 is 46.0 Å². The van der Waals surface area contributed by atoms with Crippen molar-refractivity contribution in [1.82, 2.24) is 16.0 Å². The predicted molar refractivity (Wildman–Crippen MR) is 150 cm³/mol.